The highest BCUT2D eigenvalue weighted by Gasteiger charge is 2.38. The summed E-state index contributed by atoms with van der Waals surface area (Å²) < 4.78 is 0. The number of carbonyl (C=O) groups is 1. The van der Waals surface area contributed by atoms with E-state index in [-0.39, 0.29) is 41.5 Å². The van der Waals surface area contributed by atoms with Gasteiger partial charge in [-0.3, -0.25) is 4.99 Å². The number of nitrogens with one attached hydrogen (secondary N) is 4. The SMILES string of the molecule is CN=C(NCc1ccc(NC(=O)NC(C)C)cc1)NCC1(c2ccccc2)CCC1.I. The molecule has 1 aliphatic carbocycles. The van der Waals surface area contributed by atoms with Gasteiger partial charge in [-0.1, -0.05) is 48.9 Å². The normalized spacial score (nSPS) is 14.8. The summed E-state index contributed by atoms with van der Waals surface area (Å²) in [5.41, 5.74) is 3.51. The average Bonchev–Trinajstić information content (AvgIpc) is 2.70. The predicted molar refractivity (Wildman–Crippen MR) is 139 cm³/mol. The number of rotatable bonds is 7. The van der Waals surface area contributed by atoms with E-state index in [1.165, 1.54) is 24.8 Å². The van der Waals surface area contributed by atoms with E-state index in [1.807, 2.05) is 38.1 Å². The van der Waals surface area contributed by atoms with Gasteiger partial charge in [0.15, 0.2) is 5.96 Å². The summed E-state index contributed by atoms with van der Waals surface area (Å²) in [6.07, 6.45) is 3.69. The average molecular weight is 535 g/mol. The molecule has 1 fully saturated rings. The first-order valence-electron chi connectivity index (χ1n) is 10.7. The minimum atomic E-state index is -0.191. The Morgan fingerprint density at radius 2 is 1.71 bits per heavy atom. The van der Waals surface area contributed by atoms with E-state index in [9.17, 15) is 4.79 Å². The monoisotopic (exact) mass is 535 g/mol. The van der Waals surface area contributed by atoms with Crippen molar-refractivity contribution in [1.29, 1.82) is 0 Å². The number of hydrogen-bond acceptors (Lipinski definition) is 2. The van der Waals surface area contributed by atoms with Crippen LogP contribution in [0.15, 0.2) is 59.6 Å². The zero-order valence-electron chi connectivity index (χ0n) is 18.6. The zero-order valence-corrected chi connectivity index (χ0v) is 20.9. The number of anilines is 1. The van der Waals surface area contributed by atoms with Crippen LogP contribution in [0.2, 0.25) is 0 Å². The van der Waals surface area contributed by atoms with Gasteiger partial charge in [0.1, 0.15) is 0 Å². The molecule has 0 atom stereocenters. The number of guanidine groups is 1. The Labute approximate surface area is 202 Å². The first-order chi connectivity index (χ1) is 14.5. The van der Waals surface area contributed by atoms with Gasteiger partial charge >= 0.3 is 6.03 Å². The van der Waals surface area contributed by atoms with Crippen molar-refractivity contribution < 1.29 is 4.79 Å². The molecule has 0 aromatic heterocycles. The van der Waals surface area contributed by atoms with Crippen molar-refractivity contribution >= 4 is 41.7 Å². The molecule has 0 bridgehead atoms. The van der Waals surface area contributed by atoms with Crippen LogP contribution in [-0.4, -0.2) is 31.6 Å². The lowest BCUT2D eigenvalue weighted by molar-refractivity contribution is 0.244. The fraction of sp³-hybridized carbons (Fsp3) is 0.417. The standard InChI is InChI=1S/C24H33N5O.HI/c1-18(2)28-23(30)29-21-12-10-19(11-13-21)16-26-22(25-3)27-17-24(14-7-15-24)20-8-5-4-6-9-20;/h4-6,8-13,18H,7,14-17H2,1-3H3,(H2,25,26,27)(H2,28,29,30);1H. The number of urea groups is 1. The summed E-state index contributed by atoms with van der Waals surface area (Å²) in [6.45, 7) is 5.41. The Morgan fingerprint density at radius 1 is 1.03 bits per heavy atom. The Balaban J connectivity index is 0.00000341. The van der Waals surface area contributed by atoms with Crippen LogP contribution < -0.4 is 21.3 Å². The maximum absolute atomic E-state index is 11.8. The highest BCUT2D eigenvalue weighted by molar-refractivity contribution is 14.0. The van der Waals surface area contributed by atoms with E-state index in [2.05, 4.69) is 56.6 Å². The number of nitrogens with zero attached hydrogens (tertiary/aromatic N) is 1. The molecule has 0 heterocycles. The topological polar surface area (TPSA) is 77.5 Å². The van der Waals surface area contributed by atoms with Crippen LogP contribution in [0, 0.1) is 0 Å². The van der Waals surface area contributed by atoms with Crippen molar-refractivity contribution in [3.63, 3.8) is 0 Å². The second-order valence-electron chi connectivity index (χ2n) is 8.23. The zero-order chi connectivity index (χ0) is 21.4. The number of aliphatic imine (C=N–C) groups is 1. The van der Waals surface area contributed by atoms with Gasteiger partial charge in [0, 0.05) is 37.3 Å². The summed E-state index contributed by atoms with van der Waals surface area (Å²) in [6, 6.07) is 18.5. The maximum atomic E-state index is 11.8. The van der Waals surface area contributed by atoms with Crippen LogP contribution in [0.25, 0.3) is 0 Å². The molecule has 168 valence electrons. The maximum Gasteiger partial charge on any atom is 0.319 e. The quantitative estimate of drug-likeness (QED) is 0.238. The molecule has 7 heteroatoms. The molecule has 0 unspecified atom stereocenters. The van der Waals surface area contributed by atoms with Crippen LogP contribution in [0.3, 0.4) is 0 Å². The minimum absolute atomic E-state index is 0. The van der Waals surface area contributed by atoms with Crippen LogP contribution in [0.5, 0.6) is 0 Å². The van der Waals surface area contributed by atoms with Crippen molar-refractivity contribution in [2.24, 2.45) is 4.99 Å². The van der Waals surface area contributed by atoms with Gasteiger partial charge in [-0.2, -0.15) is 0 Å². The molecule has 2 amide bonds. The summed E-state index contributed by atoms with van der Waals surface area (Å²) in [5, 5.41) is 12.5. The van der Waals surface area contributed by atoms with E-state index in [0.717, 1.165) is 23.8 Å². The molecular formula is C24H34IN5O. The lowest BCUT2D eigenvalue weighted by atomic mass is 9.64. The molecule has 0 aliphatic heterocycles. The van der Waals surface area contributed by atoms with E-state index in [4.69, 9.17) is 0 Å². The molecule has 6 nitrogen and oxygen atoms in total. The molecule has 1 saturated carbocycles. The lowest BCUT2D eigenvalue weighted by Crippen LogP contribution is -2.48. The van der Waals surface area contributed by atoms with Crippen LogP contribution in [0.4, 0.5) is 10.5 Å². The molecule has 31 heavy (non-hydrogen) atoms. The smallest absolute Gasteiger partial charge is 0.319 e. The molecule has 4 N–H and O–H groups in total. The molecular weight excluding hydrogens is 501 g/mol. The van der Waals surface area contributed by atoms with Gasteiger partial charge in [0.2, 0.25) is 0 Å². The number of carbonyl (C=O) groups excluding carboxylic acids is 1. The number of halogens is 1. The molecule has 0 saturated heterocycles. The predicted octanol–water partition coefficient (Wildman–Crippen LogP) is 4.62. The van der Waals surface area contributed by atoms with Gasteiger partial charge < -0.3 is 21.3 Å². The fourth-order valence-electron chi connectivity index (χ4n) is 3.76. The third-order valence-corrected chi connectivity index (χ3v) is 5.61. The Hall–Kier alpha value is -2.29. The number of benzene rings is 2. The van der Waals surface area contributed by atoms with E-state index < -0.39 is 0 Å². The molecule has 0 radical (unpaired) electrons. The van der Waals surface area contributed by atoms with Gasteiger partial charge in [0.05, 0.1) is 0 Å². The molecule has 1 aliphatic rings. The third kappa shape index (κ3) is 7.12. The van der Waals surface area contributed by atoms with Crippen molar-refractivity contribution in [3.8, 4) is 0 Å². The first kappa shape index (κ1) is 25.0. The summed E-state index contributed by atoms with van der Waals surface area (Å²) >= 11 is 0. The van der Waals surface area contributed by atoms with Gasteiger partial charge in [-0.15, -0.1) is 24.0 Å². The summed E-state index contributed by atoms with van der Waals surface area (Å²) in [4.78, 5) is 16.2. The molecule has 2 aromatic carbocycles. The second-order valence-corrected chi connectivity index (χ2v) is 8.23. The minimum Gasteiger partial charge on any atom is -0.356 e. The van der Waals surface area contributed by atoms with Crippen molar-refractivity contribution in [2.45, 2.75) is 51.1 Å². The highest BCUT2D eigenvalue weighted by atomic mass is 127. The van der Waals surface area contributed by atoms with E-state index in [1.54, 1.807) is 7.05 Å². The Morgan fingerprint density at radius 3 is 2.26 bits per heavy atom. The van der Waals surface area contributed by atoms with Gasteiger partial charge in [0.25, 0.3) is 0 Å². The Kier molecular flexibility index (Phi) is 9.61. The van der Waals surface area contributed by atoms with Gasteiger partial charge in [-0.25, -0.2) is 4.79 Å². The largest absolute Gasteiger partial charge is 0.356 e. The van der Waals surface area contributed by atoms with Crippen molar-refractivity contribution in [1.82, 2.24) is 16.0 Å². The van der Waals surface area contributed by atoms with E-state index >= 15 is 0 Å². The fourth-order valence-corrected chi connectivity index (χ4v) is 3.76. The Bertz CT molecular complexity index is 848. The summed E-state index contributed by atoms with van der Waals surface area (Å²) in [5.74, 6) is 0.802. The van der Waals surface area contributed by atoms with E-state index in [0.29, 0.717) is 6.54 Å². The van der Waals surface area contributed by atoms with Crippen LogP contribution in [-0.2, 0) is 12.0 Å². The van der Waals surface area contributed by atoms with Crippen LogP contribution in [0.1, 0.15) is 44.2 Å². The lowest BCUT2D eigenvalue weighted by Gasteiger charge is -2.43. The van der Waals surface area contributed by atoms with Crippen LogP contribution >= 0.6 is 24.0 Å². The number of hydrogen-bond donors (Lipinski definition) is 4. The second kappa shape index (κ2) is 11.9. The van der Waals surface area contributed by atoms with Gasteiger partial charge in [-0.05, 0) is 49.9 Å². The number of amides is 2. The highest BCUT2D eigenvalue weighted by Crippen LogP contribution is 2.43. The van der Waals surface area contributed by atoms with Crippen molar-refractivity contribution in [2.75, 3.05) is 18.9 Å². The third-order valence-electron chi connectivity index (χ3n) is 5.61. The summed E-state index contributed by atoms with van der Waals surface area (Å²) in [7, 11) is 1.80. The molecule has 2 aromatic rings. The molecule has 0 spiro atoms. The molecule has 3 rings (SSSR count). The van der Waals surface area contributed by atoms with Crippen molar-refractivity contribution in [3.05, 3.63) is 65.7 Å². The first-order valence-corrected chi connectivity index (χ1v) is 10.7.